The van der Waals surface area contributed by atoms with E-state index in [9.17, 15) is 18.0 Å². The average Bonchev–Trinajstić information content (AvgIpc) is 3.13. The Labute approximate surface area is 193 Å². The van der Waals surface area contributed by atoms with Crippen molar-refractivity contribution in [2.75, 3.05) is 25.1 Å². The molecule has 10 heteroatoms. The molecule has 0 saturated carbocycles. The van der Waals surface area contributed by atoms with Gasteiger partial charge < -0.3 is 9.30 Å². The van der Waals surface area contributed by atoms with E-state index in [4.69, 9.17) is 4.74 Å². The Balaban J connectivity index is 1.60. The fraction of sp³-hybridized carbons (Fsp3) is 0.348. The summed E-state index contributed by atoms with van der Waals surface area (Å²) in [7, 11) is -3.79. The van der Waals surface area contributed by atoms with Crippen LogP contribution >= 0.6 is 0 Å². The molecule has 1 aromatic heterocycles. The number of benzene rings is 2. The van der Waals surface area contributed by atoms with Crippen molar-refractivity contribution in [2.24, 2.45) is 0 Å². The summed E-state index contributed by atoms with van der Waals surface area (Å²) in [5.74, 6) is -0.0844. The normalized spacial score (nSPS) is 11.6. The standard InChI is InChI=1S/C23H28N4O5S/c1-3-32-16-6-15-27-21-8-5-4-7-20(21)25-23(27)26-22(29)13-14-24-33(30,31)19-11-9-18(10-12-19)17(2)28/h4-5,7-12,24H,3,6,13-16H2,1-2H3,(H,25,26,29). The van der Waals surface area contributed by atoms with Gasteiger partial charge in [0.15, 0.2) is 5.78 Å². The number of ketones is 1. The molecular weight excluding hydrogens is 444 g/mol. The molecule has 1 heterocycles. The summed E-state index contributed by atoms with van der Waals surface area (Å²) in [5.41, 5.74) is 2.09. The Morgan fingerprint density at radius 3 is 2.52 bits per heavy atom. The second-order valence-corrected chi connectivity index (χ2v) is 9.17. The molecule has 1 amide bonds. The van der Waals surface area contributed by atoms with Gasteiger partial charge in [0.1, 0.15) is 0 Å². The highest BCUT2D eigenvalue weighted by molar-refractivity contribution is 7.89. The number of amides is 1. The molecule has 176 valence electrons. The molecular formula is C23H28N4O5S. The van der Waals surface area contributed by atoms with Crippen LogP contribution < -0.4 is 10.0 Å². The van der Waals surface area contributed by atoms with Gasteiger partial charge in [-0.3, -0.25) is 14.9 Å². The number of aryl methyl sites for hydroxylation is 1. The number of hydrogen-bond acceptors (Lipinski definition) is 6. The van der Waals surface area contributed by atoms with Crippen molar-refractivity contribution in [3.63, 3.8) is 0 Å². The number of nitrogens with one attached hydrogen (secondary N) is 2. The summed E-state index contributed by atoms with van der Waals surface area (Å²) in [6.45, 7) is 5.14. The summed E-state index contributed by atoms with van der Waals surface area (Å²) in [6, 6.07) is 13.2. The van der Waals surface area contributed by atoms with Crippen molar-refractivity contribution in [2.45, 2.75) is 38.1 Å². The van der Waals surface area contributed by atoms with Gasteiger partial charge >= 0.3 is 0 Å². The average molecular weight is 473 g/mol. The van der Waals surface area contributed by atoms with Crippen LogP contribution in [0.3, 0.4) is 0 Å². The molecule has 2 aromatic carbocycles. The minimum atomic E-state index is -3.79. The number of fused-ring (bicyclic) bond motifs is 1. The van der Waals surface area contributed by atoms with Gasteiger partial charge in [-0.2, -0.15) is 0 Å². The molecule has 0 aliphatic heterocycles. The topological polar surface area (TPSA) is 119 Å². The third-order valence-corrected chi connectivity index (χ3v) is 6.47. The lowest BCUT2D eigenvalue weighted by molar-refractivity contribution is -0.116. The molecule has 3 rings (SSSR count). The first-order valence-corrected chi connectivity index (χ1v) is 12.2. The van der Waals surface area contributed by atoms with Crippen LogP contribution in [0.1, 0.15) is 37.0 Å². The second kappa shape index (κ2) is 11.2. The van der Waals surface area contributed by atoms with Crippen molar-refractivity contribution in [3.05, 3.63) is 54.1 Å². The number of ether oxygens (including phenoxy) is 1. The number of Topliss-reactive ketones (excluding diaryl/α,β-unsaturated/α-hetero) is 1. The number of imidazole rings is 1. The fourth-order valence-corrected chi connectivity index (χ4v) is 4.34. The summed E-state index contributed by atoms with van der Waals surface area (Å²) >= 11 is 0. The first-order valence-electron chi connectivity index (χ1n) is 10.8. The molecule has 0 aliphatic carbocycles. The second-order valence-electron chi connectivity index (χ2n) is 7.40. The molecule has 0 saturated heterocycles. The molecule has 3 aromatic rings. The van der Waals surface area contributed by atoms with Crippen LogP contribution in [0.2, 0.25) is 0 Å². The van der Waals surface area contributed by atoms with Gasteiger partial charge in [-0.15, -0.1) is 0 Å². The Morgan fingerprint density at radius 2 is 1.82 bits per heavy atom. The summed E-state index contributed by atoms with van der Waals surface area (Å²) in [4.78, 5) is 28.4. The zero-order valence-corrected chi connectivity index (χ0v) is 19.5. The number of anilines is 1. The van der Waals surface area contributed by atoms with Crippen LogP contribution in [0.25, 0.3) is 11.0 Å². The zero-order valence-electron chi connectivity index (χ0n) is 18.7. The van der Waals surface area contributed by atoms with E-state index in [0.29, 0.717) is 31.3 Å². The Bertz CT molecular complexity index is 1220. The number of rotatable bonds is 12. The highest BCUT2D eigenvalue weighted by Gasteiger charge is 2.16. The van der Waals surface area contributed by atoms with E-state index in [-0.39, 0.29) is 29.6 Å². The van der Waals surface area contributed by atoms with Crippen molar-refractivity contribution < 1.29 is 22.7 Å². The van der Waals surface area contributed by atoms with Crippen molar-refractivity contribution in [1.82, 2.24) is 14.3 Å². The third-order valence-electron chi connectivity index (χ3n) is 5.00. The molecule has 33 heavy (non-hydrogen) atoms. The smallest absolute Gasteiger partial charge is 0.240 e. The highest BCUT2D eigenvalue weighted by Crippen LogP contribution is 2.20. The van der Waals surface area contributed by atoms with E-state index in [1.807, 2.05) is 35.8 Å². The van der Waals surface area contributed by atoms with Gasteiger partial charge in [0.25, 0.3) is 0 Å². The molecule has 2 N–H and O–H groups in total. The number of hydrogen-bond donors (Lipinski definition) is 2. The quantitative estimate of drug-likeness (QED) is 0.309. The number of carbonyl (C=O) groups excluding carboxylic acids is 2. The molecule has 0 bridgehead atoms. The first-order chi connectivity index (χ1) is 15.8. The Hall–Kier alpha value is -3.08. The van der Waals surface area contributed by atoms with Crippen LogP contribution in [-0.2, 0) is 26.1 Å². The number of sulfonamides is 1. The van der Waals surface area contributed by atoms with Crippen molar-refractivity contribution in [3.8, 4) is 0 Å². The summed E-state index contributed by atoms with van der Waals surface area (Å²) in [5, 5.41) is 2.79. The van der Waals surface area contributed by atoms with E-state index in [0.717, 1.165) is 17.5 Å². The molecule has 0 spiro atoms. The lowest BCUT2D eigenvalue weighted by Crippen LogP contribution is -2.28. The Kier molecular flexibility index (Phi) is 8.32. The van der Waals surface area contributed by atoms with Crippen molar-refractivity contribution >= 4 is 38.7 Å². The van der Waals surface area contributed by atoms with Gasteiger partial charge in [-0.25, -0.2) is 18.1 Å². The van der Waals surface area contributed by atoms with Crippen LogP contribution in [0.4, 0.5) is 5.95 Å². The largest absolute Gasteiger partial charge is 0.382 e. The van der Waals surface area contributed by atoms with E-state index < -0.39 is 10.0 Å². The van der Waals surface area contributed by atoms with E-state index >= 15 is 0 Å². The molecule has 0 radical (unpaired) electrons. The van der Waals surface area contributed by atoms with Gasteiger partial charge in [0, 0.05) is 38.3 Å². The molecule has 0 unspecified atom stereocenters. The fourth-order valence-electron chi connectivity index (χ4n) is 3.30. The van der Waals surface area contributed by atoms with Gasteiger partial charge in [-0.1, -0.05) is 24.3 Å². The van der Waals surface area contributed by atoms with Crippen molar-refractivity contribution in [1.29, 1.82) is 0 Å². The Morgan fingerprint density at radius 1 is 1.09 bits per heavy atom. The van der Waals surface area contributed by atoms with Gasteiger partial charge in [0.05, 0.1) is 15.9 Å². The summed E-state index contributed by atoms with van der Waals surface area (Å²) < 4.78 is 34.6. The number of para-hydroxylation sites is 2. The SMILES string of the molecule is CCOCCCn1c(NC(=O)CCNS(=O)(=O)c2ccc(C(C)=O)cc2)nc2ccccc21. The maximum absolute atomic E-state index is 12.5. The maximum Gasteiger partial charge on any atom is 0.240 e. The number of nitrogens with zero attached hydrogens (tertiary/aromatic N) is 2. The predicted molar refractivity (Wildman–Crippen MR) is 126 cm³/mol. The van der Waals surface area contributed by atoms with E-state index in [1.54, 1.807) is 0 Å². The minimum Gasteiger partial charge on any atom is -0.382 e. The third kappa shape index (κ3) is 6.47. The number of carbonyl (C=O) groups is 2. The van der Waals surface area contributed by atoms with Crippen LogP contribution in [-0.4, -0.2) is 49.4 Å². The molecule has 0 aliphatic rings. The van der Waals surface area contributed by atoms with E-state index in [2.05, 4.69) is 15.0 Å². The molecule has 0 atom stereocenters. The van der Waals surface area contributed by atoms with Gasteiger partial charge in [-0.05, 0) is 44.5 Å². The van der Waals surface area contributed by atoms with Crippen LogP contribution in [0.5, 0.6) is 0 Å². The lowest BCUT2D eigenvalue weighted by Gasteiger charge is -2.11. The zero-order chi connectivity index (χ0) is 23.8. The molecule has 9 nitrogen and oxygen atoms in total. The predicted octanol–water partition coefficient (Wildman–Crippen LogP) is 2.97. The number of aromatic nitrogens is 2. The first kappa shape index (κ1) is 24.6. The monoisotopic (exact) mass is 472 g/mol. The highest BCUT2D eigenvalue weighted by atomic mass is 32.2. The van der Waals surface area contributed by atoms with E-state index in [1.165, 1.54) is 31.2 Å². The lowest BCUT2D eigenvalue weighted by atomic mass is 10.2. The van der Waals surface area contributed by atoms with Crippen LogP contribution in [0.15, 0.2) is 53.4 Å². The summed E-state index contributed by atoms with van der Waals surface area (Å²) in [6.07, 6.45) is 0.701. The molecule has 0 fully saturated rings. The minimum absolute atomic E-state index is 0.0315. The van der Waals surface area contributed by atoms with Crippen LogP contribution in [0, 0.1) is 0 Å². The maximum atomic E-state index is 12.5. The van der Waals surface area contributed by atoms with Gasteiger partial charge in [0.2, 0.25) is 21.9 Å².